The smallest absolute Gasteiger partial charge is 0.407 e. The van der Waals surface area contributed by atoms with Crippen molar-refractivity contribution in [1.29, 1.82) is 0 Å². The third-order valence-corrected chi connectivity index (χ3v) is 15.3. The molecule has 4 amide bonds. The molecule has 5 aromatic rings. The van der Waals surface area contributed by atoms with E-state index in [0.717, 1.165) is 35.2 Å². The Balaban J connectivity index is 1.03. The zero-order chi connectivity index (χ0) is 51.9. The van der Waals surface area contributed by atoms with Gasteiger partial charge in [-0.2, -0.15) is 0 Å². The van der Waals surface area contributed by atoms with Crippen LogP contribution in [0.3, 0.4) is 0 Å². The molecule has 0 spiro atoms. The van der Waals surface area contributed by atoms with Crippen LogP contribution in [-0.4, -0.2) is 93.1 Å². The van der Waals surface area contributed by atoms with Gasteiger partial charge < -0.3 is 44.8 Å². The summed E-state index contributed by atoms with van der Waals surface area (Å²) in [5.41, 5.74) is 4.59. The average Bonchev–Trinajstić information content (AvgIpc) is 4.21. The molecule has 0 radical (unpaired) electrons. The topological polar surface area (TPSA) is 178 Å². The van der Waals surface area contributed by atoms with Crippen molar-refractivity contribution in [3.8, 4) is 22.5 Å². The number of nitrogens with zero attached hydrogens (tertiary/aromatic N) is 5. The fraction of sp³-hybridized carbons (Fsp3) is 0.440. The van der Waals surface area contributed by atoms with Crippen LogP contribution >= 0.6 is 21.8 Å². The van der Waals surface area contributed by atoms with Crippen LogP contribution in [0.4, 0.5) is 34.7 Å². The summed E-state index contributed by atoms with van der Waals surface area (Å²) in [5.74, 6) is 0.178. The Bertz CT molecular complexity index is 2800. The number of halogens is 6. The third kappa shape index (κ3) is 10.9. The first-order chi connectivity index (χ1) is 34.0. The number of aromatic nitrogens is 4. The number of methoxy groups -OCH3 is 2. The first-order valence-corrected chi connectivity index (χ1v) is 26.2. The van der Waals surface area contributed by atoms with Gasteiger partial charge in [0.05, 0.1) is 50.3 Å². The van der Waals surface area contributed by atoms with Crippen molar-refractivity contribution in [3.63, 3.8) is 0 Å². The number of alkyl carbamates (subject to hydrolysis) is 2. The third-order valence-electron chi connectivity index (χ3n) is 13.9. The Labute approximate surface area is 419 Å². The Hall–Kier alpha value is -6.35. The largest absolute Gasteiger partial charge is 0.453 e. The number of benzene rings is 3. The second-order valence-electron chi connectivity index (χ2n) is 19.3. The van der Waals surface area contributed by atoms with Crippen molar-refractivity contribution in [2.24, 2.45) is 11.8 Å². The molecule has 388 valence electrons. The predicted molar refractivity (Wildman–Crippen MR) is 264 cm³/mol. The standard InChI is InChI=1S/C50H59ClF5N9O6S/c1-28(2)41(60-49(68)70-5)47(66)63-25-7-9-39(63)45-57-27-36(58-45)30-11-13-31(14-12-30)37-23-24-38(65(37)34-19-21-35(22-20-34)72(52,53,54,55)56)32-15-17-33(18-16-32)43-44(51)62-46(59-43)40-10-8-26-64(40)48(67)42(29(3)4)61-50(69)71-6/h11-22,27-29,37-42H,7-10,23-26H2,1-6H3,(H,57,58)(H,59,62)(H,60,68)(H,61,69)/t37-,38-,39+,40+,41+,42+/m1/s1. The number of ether oxygens (including phenoxy) is 2. The molecule has 72 heavy (non-hydrogen) atoms. The zero-order valence-corrected chi connectivity index (χ0v) is 42.2. The first-order valence-electron chi connectivity index (χ1n) is 23.9. The first kappa shape index (κ1) is 52.0. The second-order valence-corrected chi connectivity index (χ2v) is 22.1. The Morgan fingerprint density at radius 3 is 1.58 bits per heavy atom. The highest BCUT2D eigenvalue weighted by Gasteiger charge is 2.65. The number of carbonyl (C=O) groups excluding carboxylic acids is 4. The van der Waals surface area contributed by atoms with E-state index in [9.17, 15) is 38.6 Å². The summed E-state index contributed by atoms with van der Waals surface area (Å²) in [7, 11) is -7.48. The monoisotopic (exact) mass is 1040 g/mol. The van der Waals surface area contributed by atoms with Crippen LogP contribution in [0.25, 0.3) is 22.5 Å². The normalized spacial score (nSPS) is 21.1. The van der Waals surface area contributed by atoms with Gasteiger partial charge in [0.25, 0.3) is 0 Å². The van der Waals surface area contributed by atoms with Crippen LogP contribution in [0.5, 0.6) is 0 Å². The summed E-state index contributed by atoms with van der Waals surface area (Å²) >= 11 is 6.77. The Kier molecular flexibility index (Phi) is 14.1. The molecular formula is C50H59ClF5N9O6S. The van der Waals surface area contributed by atoms with Crippen LogP contribution in [0.15, 0.2) is 83.9 Å². The van der Waals surface area contributed by atoms with E-state index in [2.05, 4.69) is 25.6 Å². The molecule has 15 nitrogen and oxygen atoms in total. The van der Waals surface area contributed by atoms with Crippen molar-refractivity contribution < 1.29 is 48.1 Å². The maximum atomic E-state index is 13.9. The maximum Gasteiger partial charge on any atom is 0.407 e. The molecule has 0 unspecified atom stereocenters. The van der Waals surface area contributed by atoms with Crippen LogP contribution in [0.2, 0.25) is 5.15 Å². The average molecular weight is 1040 g/mol. The van der Waals surface area contributed by atoms with Crippen molar-refractivity contribution in [2.75, 3.05) is 32.2 Å². The van der Waals surface area contributed by atoms with E-state index in [-0.39, 0.29) is 46.9 Å². The van der Waals surface area contributed by atoms with Gasteiger partial charge in [0.1, 0.15) is 39.5 Å². The molecule has 3 aliphatic heterocycles. The molecule has 22 heteroatoms. The van der Waals surface area contributed by atoms with Gasteiger partial charge in [0.2, 0.25) is 11.8 Å². The Morgan fingerprint density at radius 1 is 0.653 bits per heavy atom. The summed E-state index contributed by atoms with van der Waals surface area (Å²) in [6, 6.07) is 15.1. The molecule has 4 N–H and O–H groups in total. The molecular weight excluding hydrogens is 985 g/mol. The number of nitrogens with one attached hydrogen (secondary N) is 4. The lowest BCUT2D eigenvalue weighted by molar-refractivity contribution is -0.136. The summed E-state index contributed by atoms with van der Waals surface area (Å²) in [6.07, 6.45) is 4.19. The SMILES string of the molecule is COC(=O)N[C@H](C(=O)N1CCC[C@H]1c1ncc(-c2ccc([C@H]3CC[C@H](c4ccc(-c5nc([C@@H]6CCCN6C(=O)[C@@H](NC(=O)OC)C(C)C)[nH]c5Cl)cc4)N3c3ccc(S(F)(F)(F)(F)F)cc3)cc2)[nH]1)C(C)C. The lowest BCUT2D eigenvalue weighted by atomic mass is 10.0. The van der Waals surface area contributed by atoms with Crippen LogP contribution in [0.1, 0.15) is 113 Å². The van der Waals surface area contributed by atoms with Gasteiger partial charge in [0.15, 0.2) is 0 Å². The summed E-state index contributed by atoms with van der Waals surface area (Å²) in [4.78, 5) is 71.0. The molecule has 0 bridgehead atoms. The number of likely N-dealkylation sites (tertiary alicyclic amines) is 2. The number of H-pyrrole nitrogens is 2. The van der Waals surface area contributed by atoms with Crippen molar-refractivity contribution in [3.05, 3.63) is 107 Å². The van der Waals surface area contributed by atoms with Crippen LogP contribution < -0.4 is 15.5 Å². The lowest BCUT2D eigenvalue weighted by Gasteiger charge is -2.41. The molecule has 3 saturated heterocycles. The minimum atomic E-state index is -9.96. The van der Waals surface area contributed by atoms with Gasteiger partial charge in [-0.05, 0) is 91.3 Å². The fourth-order valence-corrected chi connectivity index (χ4v) is 11.1. The predicted octanol–water partition coefficient (Wildman–Crippen LogP) is 11.9. The van der Waals surface area contributed by atoms with E-state index in [1.165, 1.54) is 14.2 Å². The van der Waals surface area contributed by atoms with Gasteiger partial charge in [-0.15, -0.1) is 0 Å². The number of carbonyl (C=O) groups is 4. The van der Waals surface area contributed by atoms with E-state index < -0.39 is 45.4 Å². The molecule has 5 heterocycles. The molecule has 6 atom stereocenters. The molecule has 3 fully saturated rings. The molecule has 0 saturated carbocycles. The van der Waals surface area contributed by atoms with E-state index in [1.54, 1.807) is 16.0 Å². The van der Waals surface area contributed by atoms with Gasteiger partial charge in [0, 0.05) is 24.3 Å². The van der Waals surface area contributed by atoms with E-state index in [4.69, 9.17) is 26.1 Å². The minimum absolute atomic E-state index is 0.193. The minimum Gasteiger partial charge on any atom is -0.453 e. The maximum absolute atomic E-state index is 13.9. The van der Waals surface area contributed by atoms with Gasteiger partial charge >= 0.3 is 22.4 Å². The molecule has 2 aromatic heterocycles. The number of imidazole rings is 2. The number of anilines is 1. The van der Waals surface area contributed by atoms with Crippen LogP contribution in [0, 0.1) is 11.8 Å². The number of aromatic amines is 2. The number of hydrogen-bond donors (Lipinski definition) is 4. The fourth-order valence-electron chi connectivity index (χ4n) is 10.2. The Morgan fingerprint density at radius 2 is 1.12 bits per heavy atom. The molecule has 0 aliphatic carbocycles. The highest BCUT2D eigenvalue weighted by Crippen LogP contribution is 3.02. The highest BCUT2D eigenvalue weighted by molar-refractivity contribution is 8.45. The summed E-state index contributed by atoms with van der Waals surface area (Å²) in [5, 5.41) is 5.55. The van der Waals surface area contributed by atoms with Gasteiger partial charge in [-0.3, -0.25) is 9.59 Å². The summed E-state index contributed by atoms with van der Waals surface area (Å²) < 4.78 is 79.2. The van der Waals surface area contributed by atoms with Crippen molar-refractivity contribution in [1.82, 2.24) is 40.4 Å². The van der Waals surface area contributed by atoms with Gasteiger partial charge in [-0.25, -0.2) is 19.6 Å². The highest BCUT2D eigenvalue weighted by atomic mass is 35.5. The molecule has 3 aromatic carbocycles. The van der Waals surface area contributed by atoms with Crippen molar-refractivity contribution >= 4 is 51.5 Å². The van der Waals surface area contributed by atoms with E-state index in [1.807, 2.05) is 81.1 Å². The zero-order valence-electron chi connectivity index (χ0n) is 40.6. The van der Waals surface area contributed by atoms with E-state index >= 15 is 0 Å². The van der Waals surface area contributed by atoms with Gasteiger partial charge in [-0.1, -0.05) is 107 Å². The molecule has 3 aliphatic rings. The second kappa shape index (κ2) is 19.6. The van der Waals surface area contributed by atoms with Crippen LogP contribution in [-0.2, 0) is 19.1 Å². The number of hydrogen-bond acceptors (Lipinski definition) is 9. The van der Waals surface area contributed by atoms with Crippen molar-refractivity contribution in [2.45, 2.75) is 107 Å². The number of rotatable bonds is 14. The number of amides is 4. The quantitative estimate of drug-likeness (QED) is 0.0788. The lowest BCUT2D eigenvalue weighted by Crippen LogP contribution is -2.51. The summed E-state index contributed by atoms with van der Waals surface area (Å²) in [6.45, 7) is 8.30. The van der Waals surface area contributed by atoms with E-state index in [0.29, 0.717) is 91.6 Å². The molecule has 8 rings (SSSR count).